The Labute approximate surface area is 140 Å². The molecule has 2 fully saturated rings. The third-order valence-corrected chi connectivity index (χ3v) is 6.14. The molecule has 3 aliphatic heterocycles. The molecular weight excluding hydrogens is 310 g/mol. The van der Waals surface area contributed by atoms with Gasteiger partial charge in [-0.05, 0) is 50.0 Å². The first-order valence-corrected chi connectivity index (χ1v) is 8.55. The molecule has 0 spiro atoms. The molecule has 1 aromatic carbocycles. The van der Waals surface area contributed by atoms with Crippen molar-refractivity contribution in [3.8, 4) is 11.5 Å². The number of fused-ring (bicyclic) bond motifs is 6. The molecule has 5 rings (SSSR count). The SMILES string of the molecule is COC1CC2CCN(C)C2C2c3cc4c(cc3C(=O)OC12)OCO4. The number of ether oxygens (including phenoxy) is 4. The molecular formula is C18H21NO5. The van der Waals surface area contributed by atoms with Gasteiger partial charge in [0.2, 0.25) is 6.79 Å². The molecule has 0 amide bonds. The minimum atomic E-state index is -0.286. The summed E-state index contributed by atoms with van der Waals surface area (Å²) in [6.07, 6.45) is 1.82. The third-order valence-electron chi connectivity index (χ3n) is 6.14. The van der Waals surface area contributed by atoms with Crippen LogP contribution < -0.4 is 9.47 Å². The van der Waals surface area contributed by atoms with Crippen LogP contribution in [0.3, 0.4) is 0 Å². The van der Waals surface area contributed by atoms with Crippen LogP contribution in [-0.2, 0) is 9.47 Å². The molecule has 0 radical (unpaired) electrons. The summed E-state index contributed by atoms with van der Waals surface area (Å²) in [5.41, 5.74) is 1.63. The van der Waals surface area contributed by atoms with Gasteiger partial charge >= 0.3 is 5.97 Å². The Morgan fingerprint density at radius 3 is 2.83 bits per heavy atom. The van der Waals surface area contributed by atoms with Gasteiger partial charge in [0.25, 0.3) is 0 Å². The zero-order valence-corrected chi connectivity index (χ0v) is 13.9. The van der Waals surface area contributed by atoms with Gasteiger partial charge in [-0.15, -0.1) is 0 Å². The molecule has 1 aromatic rings. The van der Waals surface area contributed by atoms with Crippen LogP contribution in [0.4, 0.5) is 0 Å². The lowest BCUT2D eigenvalue weighted by molar-refractivity contribution is -0.0926. The smallest absolute Gasteiger partial charge is 0.338 e. The predicted molar refractivity (Wildman–Crippen MR) is 84.4 cm³/mol. The van der Waals surface area contributed by atoms with Crippen LogP contribution >= 0.6 is 0 Å². The van der Waals surface area contributed by atoms with Crippen molar-refractivity contribution in [3.05, 3.63) is 23.3 Å². The fourth-order valence-corrected chi connectivity index (χ4v) is 5.07. The van der Waals surface area contributed by atoms with E-state index in [0.29, 0.717) is 23.3 Å². The lowest BCUT2D eigenvalue weighted by Crippen LogP contribution is -2.55. The molecule has 3 heterocycles. The Morgan fingerprint density at radius 1 is 1.25 bits per heavy atom. The van der Waals surface area contributed by atoms with E-state index < -0.39 is 0 Å². The molecule has 6 heteroatoms. The van der Waals surface area contributed by atoms with Crippen LogP contribution in [0.5, 0.6) is 11.5 Å². The first-order valence-electron chi connectivity index (χ1n) is 8.55. The zero-order valence-electron chi connectivity index (χ0n) is 13.9. The summed E-state index contributed by atoms with van der Waals surface area (Å²) in [5.74, 6) is 1.74. The van der Waals surface area contributed by atoms with Gasteiger partial charge in [-0.25, -0.2) is 4.79 Å². The second-order valence-corrected chi connectivity index (χ2v) is 7.22. The maximum Gasteiger partial charge on any atom is 0.338 e. The Morgan fingerprint density at radius 2 is 2.04 bits per heavy atom. The summed E-state index contributed by atoms with van der Waals surface area (Å²) in [6, 6.07) is 4.13. The van der Waals surface area contributed by atoms with Crippen LogP contribution in [0, 0.1) is 5.92 Å². The van der Waals surface area contributed by atoms with Crippen molar-refractivity contribution < 1.29 is 23.7 Å². The van der Waals surface area contributed by atoms with Gasteiger partial charge in [-0.1, -0.05) is 0 Å². The van der Waals surface area contributed by atoms with Gasteiger partial charge in [0.1, 0.15) is 6.10 Å². The fraction of sp³-hybridized carbons (Fsp3) is 0.611. The molecule has 5 unspecified atom stereocenters. The van der Waals surface area contributed by atoms with Crippen LogP contribution in [0.15, 0.2) is 12.1 Å². The van der Waals surface area contributed by atoms with Crippen LogP contribution in [0.2, 0.25) is 0 Å². The van der Waals surface area contributed by atoms with E-state index in [1.165, 1.54) is 0 Å². The van der Waals surface area contributed by atoms with E-state index in [4.69, 9.17) is 18.9 Å². The summed E-state index contributed by atoms with van der Waals surface area (Å²) >= 11 is 0. The first kappa shape index (κ1) is 14.5. The molecule has 5 atom stereocenters. The lowest BCUT2D eigenvalue weighted by Gasteiger charge is -2.48. The highest BCUT2D eigenvalue weighted by atomic mass is 16.7. The van der Waals surface area contributed by atoms with Gasteiger partial charge in [0.15, 0.2) is 11.5 Å². The molecule has 1 saturated carbocycles. The van der Waals surface area contributed by atoms with E-state index in [-0.39, 0.29) is 30.9 Å². The normalized spacial score (nSPS) is 36.8. The average molecular weight is 331 g/mol. The van der Waals surface area contributed by atoms with E-state index in [1.54, 1.807) is 13.2 Å². The molecule has 6 nitrogen and oxygen atoms in total. The quantitative estimate of drug-likeness (QED) is 0.731. The lowest BCUT2D eigenvalue weighted by atomic mass is 9.69. The molecule has 1 saturated heterocycles. The Balaban J connectivity index is 1.66. The largest absolute Gasteiger partial charge is 0.455 e. The third kappa shape index (κ3) is 1.87. The summed E-state index contributed by atoms with van der Waals surface area (Å²) in [7, 11) is 3.88. The highest BCUT2D eigenvalue weighted by Crippen LogP contribution is 2.51. The predicted octanol–water partition coefficient (Wildman–Crippen LogP) is 1.78. The van der Waals surface area contributed by atoms with E-state index >= 15 is 0 Å². The van der Waals surface area contributed by atoms with Gasteiger partial charge in [0, 0.05) is 19.1 Å². The molecule has 1 aliphatic carbocycles. The molecule has 0 aromatic heterocycles. The Kier molecular flexibility index (Phi) is 3.09. The molecule has 0 N–H and O–H groups in total. The van der Waals surface area contributed by atoms with Crippen LogP contribution in [0.25, 0.3) is 0 Å². The molecule has 128 valence electrons. The number of hydrogen-bond donors (Lipinski definition) is 0. The highest BCUT2D eigenvalue weighted by Gasteiger charge is 2.54. The Hall–Kier alpha value is -1.79. The van der Waals surface area contributed by atoms with E-state index in [9.17, 15) is 4.79 Å². The second kappa shape index (κ2) is 5.10. The average Bonchev–Trinajstić information content (AvgIpc) is 3.19. The number of esters is 1. The van der Waals surface area contributed by atoms with Crippen LogP contribution in [-0.4, -0.2) is 56.6 Å². The summed E-state index contributed by atoms with van der Waals surface area (Å²) in [5, 5.41) is 0. The topological polar surface area (TPSA) is 57.2 Å². The number of likely N-dealkylation sites (N-methyl/N-ethyl adjacent to an activating group) is 1. The number of likely N-dealkylation sites (tertiary alicyclic amines) is 1. The van der Waals surface area contributed by atoms with Crippen molar-refractivity contribution in [2.24, 2.45) is 5.92 Å². The summed E-state index contributed by atoms with van der Waals surface area (Å²) in [4.78, 5) is 15.0. The van der Waals surface area contributed by atoms with E-state index in [1.807, 2.05) is 6.07 Å². The first-order chi connectivity index (χ1) is 11.7. The molecule has 0 bridgehead atoms. The van der Waals surface area contributed by atoms with Crippen molar-refractivity contribution in [1.82, 2.24) is 4.90 Å². The minimum absolute atomic E-state index is 0.0507. The number of carbonyl (C=O) groups excluding carboxylic acids is 1. The number of carbonyl (C=O) groups is 1. The van der Waals surface area contributed by atoms with Crippen molar-refractivity contribution in [2.45, 2.75) is 37.0 Å². The van der Waals surface area contributed by atoms with Crippen molar-refractivity contribution >= 4 is 5.97 Å². The maximum atomic E-state index is 12.6. The standard InChI is InChI=1S/C18H21NO5/c1-19-4-3-9-5-14(21-2)17-15(16(9)19)10-6-12-13(23-8-22-12)7-11(10)18(20)24-17/h6-7,9,14-17H,3-5,8H2,1-2H3. The van der Waals surface area contributed by atoms with Crippen molar-refractivity contribution in [2.75, 3.05) is 27.5 Å². The number of hydrogen-bond acceptors (Lipinski definition) is 6. The number of rotatable bonds is 1. The highest BCUT2D eigenvalue weighted by molar-refractivity contribution is 5.94. The second-order valence-electron chi connectivity index (χ2n) is 7.22. The minimum Gasteiger partial charge on any atom is -0.455 e. The molecule has 4 aliphatic rings. The number of nitrogens with zero attached hydrogens (tertiary/aromatic N) is 1. The van der Waals surface area contributed by atoms with Crippen molar-refractivity contribution in [3.63, 3.8) is 0 Å². The monoisotopic (exact) mass is 331 g/mol. The maximum absolute atomic E-state index is 12.6. The zero-order chi connectivity index (χ0) is 16.4. The van der Waals surface area contributed by atoms with Gasteiger partial charge < -0.3 is 23.8 Å². The van der Waals surface area contributed by atoms with Gasteiger partial charge in [0.05, 0.1) is 11.7 Å². The molecule has 24 heavy (non-hydrogen) atoms. The van der Waals surface area contributed by atoms with Crippen molar-refractivity contribution in [1.29, 1.82) is 0 Å². The summed E-state index contributed by atoms with van der Waals surface area (Å²) in [6.45, 7) is 1.27. The van der Waals surface area contributed by atoms with E-state index in [0.717, 1.165) is 30.7 Å². The number of methoxy groups -OCH3 is 1. The van der Waals surface area contributed by atoms with Gasteiger partial charge in [-0.2, -0.15) is 0 Å². The van der Waals surface area contributed by atoms with Gasteiger partial charge in [-0.3, -0.25) is 0 Å². The Bertz CT molecular complexity index is 705. The van der Waals surface area contributed by atoms with E-state index in [2.05, 4.69) is 11.9 Å². The number of benzene rings is 1. The fourth-order valence-electron chi connectivity index (χ4n) is 5.07. The van der Waals surface area contributed by atoms with Crippen LogP contribution in [0.1, 0.15) is 34.7 Å². The summed E-state index contributed by atoms with van der Waals surface area (Å²) < 4.78 is 22.5.